The van der Waals surface area contributed by atoms with Crippen LogP contribution in [0.25, 0.3) is 10.9 Å². The van der Waals surface area contributed by atoms with Crippen molar-refractivity contribution >= 4 is 16.7 Å². The fourth-order valence-electron chi connectivity index (χ4n) is 3.83. The van der Waals surface area contributed by atoms with Gasteiger partial charge < -0.3 is 19.5 Å². The van der Waals surface area contributed by atoms with Crippen LogP contribution in [0.3, 0.4) is 0 Å². The summed E-state index contributed by atoms with van der Waals surface area (Å²) in [5.41, 5.74) is 2.80. The van der Waals surface area contributed by atoms with Crippen LogP contribution in [0.2, 0.25) is 0 Å². The number of ether oxygens (including phenoxy) is 3. The highest BCUT2D eigenvalue weighted by Gasteiger charge is 2.20. The molecule has 4 heterocycles. The van der Waals surface area contributed by atoms with Gasteiger partial charge in [-0.2, -0.15) is 0 Å². The quantitative estimate of drug-likeness (QED) is 0.432. The minimum Gasteiger partial charge on any atom is -0.497 e. The van der Waals surface area contributed by atoms with Crippen LogP contribution in [0.5, 0.6) is 11.6 Å². The Morgan fingerprint density at radius 1 is 1.15 bits per heavy atom. The van der Waals surface area contributed by atoms with Gasteiger partial charge in [-0.25, -0.2) is 14.6 Å². The zero-order chi connectivity index (χ0) is 22.5. The highest BCUT2D eigenvalue weighted by molar-refractivity contribution is 5.87. The zero-order valence-corrected chi connectivity index (χ0v) is 18.5. The van der Waals surface area contributed by atoms with Crippen LogP contribution >= 0.6 is 0 Å². The number of rotatable bonds is 8. The molecule has 0 spiro atoms. The first-order valence-electron chi connectivity index (χ1n) is 11.0. The number of anilines is 1. The second-order valence-electron chi connectivity index (χ2n) is 7.87. The summed E-state index contributed by atoms with van der Waals surface area (Å²) in [6.07, 6.45) is 10.1. The lowest BCUT2D eigenvalue weighted by Crippen LogP contribution is -2.18. The number of pyridine rings is 1. The van der Waals surface area contributed by atoms with Crippen LogP contribution < -0.4 is 14.8 Å². The normalized spacial score (nSPS) is 16.0. The minimum absolute atomic E-state index is 0.0695. The maximum atomic E-state index is 6.13. The summed E-state index contributed by atoms with van der Waals surface area (Å²) in [5.74, 6) is 2.11. The number of nitrogens with one attached hydrogen (secondary N) is 1. The molecule has 1 N–H and O–H groups in total. The first-order valence-corrected chi connectivity index (χ1v) is 11.0. The Labute approximate surface area is 191 Å². The number of hydrogen-bond acceptors (Lipinski definition) is 8. The average molecular weight is 447 g/mol. The number of benzene rings is 1. The van der Waals surface area contributed by atoms with Gasteiger partial charge in [0.15, 0.2) is 0 Å². The molecule has 1 aromatic carbocycles. The molecule has 1 fully saturated rings. The van der Waals surface area contributed by atoms with Crippen molar-refractivity contribution in [2.24, 2.45) is 0 Å². The Bertz CT molecular complexity index is 1200. The van der Waals surface area contributed by atoms with Gasteiger partial charge in [0.25, 0.3) is 0 Å². The van der Waals surface area contributed by atoms with Crippen molar-refractivity contribution in [1.29, 1.82) is 0 Å². The first-order chi connectivity index (χ1) is 16.3. The van der Waals surface area contributed by atoms with Gasteiger partial charge in [0.1, 0.15) is 30.7 Å². The average Bonchev–Trinajstić information content (AvgIpc) is 3.30. The van der Waals surface area contributed by atoms with E-state index in [4.69, 9.17) is 19.3 Å². The third-order valence-electron chi connectivity index (χ3n) is 5.64. The molecule has 0 aliphatic carbocycles. The molecule has 1 atom stereocenters. The maximum Gasteiger partial charge on any atom is 0.238 e. The van der Waals surface area contributed by atoms with Crippen molar-refractivity contribution in [3.05, 3.63) is 66.4 Å². The summed E-state index contributed by atoms with van der Waals surface area (Å²) in [6.45, 7) is 1.64. The number of aromatic nitrogens is 5. The Hall–Kier alpha value is -3.72. The second kappa shape index (κ2) is 9.83. The van der Waals surface area contributed by atoms with Crippen LogP contribution in [0.15, 0.2) is 55.2 Å². The molecule has 1 aliphatic rings. The van der Waals surface area contributed by atoms with E-state index in [1.807, 2.05) is 41.2 Å². The number of methoxy groups -OCH3 is 1. The molecule has 5 rings (SSSR count). The Balaban J connectivity index is 1.36. The minimum atomic E-state index is -0.0695. The van der Waals surface area contributed by atoms with Gasteiger partial charge in [-0.1, -0.05) is 12.1 Å². The van der Waals surface area contributed by atoms with Gasteiger partial charge in [0, 0.05) is 31.7 Å². The van der Waals surface area contributed by atoms with Crippen molar-refractivity contribution < 1.29 is 14.2 Å². The SMILES string of the molecule is COc1ccc(COc2nn(C3CCCCO3)cc2CNc2ncnc3ccncc23)cc1. The fourth-order valence-corrected chi connectivity index (χ4v) is 3.83. The molecule has 0 radical (unpaired) electrons. The summed E-state index contributed by atoms with van der Waals surface area (Å²) in [5, 5.41) is 8.97. The van der Waals surface area contributed by atoms with Crippen LogP contribution in [0, 0.1) is 0 Å². The molecule has 33 heavy (non-hydrogen) atoms. The maximum absolute atomic E-state index is 6.13. The molecule has 1 aliphatic heterocycles. The Morgan fingerprint density at radius 3 is 2.88 bits per heavy atom. The molecular weight excluding hydrogens is 420 g/mol. The summed E-state index contributed by atoms with van der Waals surface area (Å²) in [6, 6.07) is 9.67. The predicted molar refractivity (Wildman–Crippen MR) is 123 cm³/mol. The van der Waals surface area contributed by atoms with Crippen molar-refractivity contribution in [3.8, 4) is 11.6 Å². The molecule has 0 bridgehead atoms. The Morgan fingerprint density at radius 2 is 2.06 bits per heavy atom. The topological polar surface area (TPSA) is 96.2 Å². The summed E-state index contributed by atoms with van der Waals surface area (Å²) in [7, 11) is 1.65. The molecule has 9 heteroatoms. The van der Waals surface area contributed by atoms with E-state index in [0.29, 0.717) is 19.0 Å². The lowest BCUT2D eigenvalue weighted by molar-refractivity contribution is -0.0401. The van der Waals surface area contributed by atoms with E-state index in [1.54, 1.807) is 25.8 Å². The van der Waals surface area contributed by atoms with E-state index in [9.17, 15) is 0 Å². The van der Waals surface area contributed by atoms with E-state index in [-0.39, 0.29) is 6.23 Å². The van der Waals surface area contributed by atoms with Crippen LogP contribution in [-0.2, 0) is 17.9 Å². The highest BCUT2D eigenvalue weighted by Crippen LogP contribution is 2.27. The van der Waals surface area contributed by atoms with Gasteiger partial charge in [0.2, 0.25) is 5.88 Å². The number of hydrogen-bond donors (Lipinski definition) is 1. The summed E-state index contributed by atoms with van der Waals surface area (Å²) < 4.78 is 19.2. The largest absolute Gasteiger partial charge is 0.497 e. The molecular formula is C24H26N6O3. The van der Waals surface area contributed by atoms with Gasteiger partial charge >= 0.3 is 0 Å². The molecule has 9 nitrogen and oxygen atoms in total. The van der Waals surface area contributed by atoms with E-state index < -0.39 is 0 Å². The van der Waals surface area contributed by atoms with E-state index in [1.165, 1.54) is 0 Å². The standard InChI is InChI=1S/C24H26N6O3/c1-31-19-7-5-17(6-8-19)15-33-24-18(14-30(29-24)22-4-2-3-11-32-22)12-26-23-20-13-25-10-9-21(20)27-16-28-23/h5-10,13-14,16,22H,2-4,11-12,15H2,1H3,(H,26,27,28). The molecule has 170 valence electrons. The highest BCUT2D eigenvalue weighted by atomic mass is 16.5. The smallest absolute Gasteiger partial charge is 0.238 e. The van der Waals surface area contributed by atoms with Crippen molar-refractivity contribution in [2.75, 3.05) is 19.0 Å². The summed E-state index contributed by atoms with van der Waals surface area (Å²) in [4.78, 5) is 12.9. The van der Waals surface area contributed by atoms with E-state index >= 15 is 0 Å². The van der Waals surface area contributed by atoms with Gasteiger partial charge in [0.05, 0.1) is 23.6 Å². The van der Waals surface area contributed by atoms with Crippen molar-refractivity contribution in [1.82, 2.24) is 24.7 Å². The van der Waals surface area contributed by atoms with Crippen LogP contribution in [0.1, 0.15) is 36.6 Å². The fraction of sp³-hybridized carbons (Fsp3) is 0.333. The molecule has 3 aromatic heterocycles. The van der Waals surface area contributed by atoms with Crippen molar-refractivity contribution in [2.45, 2.75) is 38.6 Å². The lowest BCUT2D eigenvalue weighted by Gasteiger charge is -2.22. The third-order valence-corrected chi connectivity index (χ3v) is 5.64. The van der Waals surface area contributed by atoms with Crippen LogP contribution in [0.4, 0.5) is 5.82 Å². The van der Waals surface area contributed by atoms with Gasteiger partial charge in [-0.05, 0) is 43.0 Å². The molecule has 1 unspecified atom stereocenters. The predicted octanol–water partition coefficient (Wildman–Crippen LogP) is 4.12. The van der Waals surface area contributed by atoms with Gasteiger partial charge in [-0.15, -0.1) is 5.10 Å². The van der Waals surface area contributed by atoms with Crippen molar-refractivity contribution in [3.63, 3.8) is 0 Å². The van der Waals surface area contributed by atoms with Crippen LogP contribution in [-0.4, -0.2) is 38.4 Å². The molecule has 0 saturated carbocycles. The number of nitrogens with zero attached hydrogens (tertiary/aromatic N) is 5. The third kappa shape index (κ3) is 4.88. The second-order valence-corrected chi connectivity index (χ2v) is 7.87. The monoisotopic (exact) mass is 446 g/mol. The Kier molecular flexibility index (Phi) is 6.30. The number of fused-ring (bicyclic) bond motifs is 1. The van der Waals surface area contributed by atoms with E-state index in [2.05, 4.69) is 20.3 Å². The van der Waals surface area contributed by atoms with Gasteiger partial charge in [-0.3, -0.25) is 4.98 Å². The molecule has 4 aromatic rings. The summed E-state index contributed by atoms with van der Waals surface area (Å²) >= 11 is 0. The molecule has 0 amide bonds. The first kappa shape index (κ1) is 21.1. The lowest BCUT2D eigenvalue weighted by atomic mass is 10.2. The molecule has 1 saturated heterocycles. The van der Waals surface area contributed by atoms with E-state index in [0.717, 1.165) is 59.5 Å². The zero-order valence-electron chi connectivity index (χ0n) is 18.5.